The molecule has 3 N–H and O–H groups in total. The van der Waals surface area contributed by atoms with E-state index in [1.165, 1.54) is 36.6 Å². The summed E-state index contributed by atoms with van der Waals surface area (Å²) in [6.07, 6.45) is 1.85. The minimum atomic E-state index is -3.99. The fraction of sp³-hybridized carbons (Fsp3) is 0.227. The smallest absolute Gasteiger partial charge is 0.265 e. The lowest BCUT2D eigenvalue weighted by molar-refractivity contribution is 0.103. The fourth-order valence-corrected chi connectivity index (χ4v) is 5.11. The van der Waals surface area contributed by atoms with Crippen LogP contribution >= 0.6 is 11.3 Å². The number of thiophene rings is 1. The SMILES string of the molecule is CCCc1cc(C(=O)Nc2cc(S(=O)(=O)Nc3ccccc3OC)ccc2O)sc1C. The van der Waals surface area contributed by atoms with Gasteiger partial charge in [-0.15, -0.1) is 11.3 Å². The maximum atomic E-state index is 12.8. The zero-order valence-electron chi connectivity index (χ0n) is 17.4. The number of nitrogens with one attached hydrogen (secondary N) is 2. The molecule has 164 valence electrons. The van der Waals surface area contributed by atoms with Crippen molar-refractivity contribution in [3.63, 3.8) is 0 Å². The average molecular weight is 461 g/mol. The van der Waals surface area contributed by atoms with Gasteiger partial charge in [0.1, 0.15) is 11.5 Å². The Morgan fingerprint density at radius 2 is 1.87 bits per heavy atom. The lowest BCUT2D eigenvalue weighted by Crippen LogP contribution is -2.15. The van der Waals surface area contributed by atoms with Crippen LogP contribution in [0.5, 0.6) is 11.5 Å². The number of hydrogen-bond acceptors (Lipinski definition) is 6. The highest BCUT2D eigenvalue weighted by Crippen LogP contribution is 2.31. The highest BCUT2D eigenvalue weighted by Gasteiger charge is 2.20. The first-order chi connectivity index (χ1) is 14.7. The number of para-hydroxylation sites is 2. The maximum absolute atomic E-state index is 12.8. The summed E-state index contributed by atoms with van der Waals surface area (Å²) < 4.78 is 33.3. The molecule has 0 saturated carbocycles. The minimum Gasteiger partial charge on any atom is -0.506 e. The van der Waals surface area contributed by atoms with Crippen molar-refractivity contribution in [2.45, 2.75) is 31.6 Å². The maximum Gasteiger partial charge on any atom is 0.265 e. The molecule has 9 heteroatoms. The van der Waals surface area contributed by atoms with E-state index in [4.69, 9.17) is 4.74 Å². The predicted molar refractivity (Wildman–Crippen MR) is 123 cm³/mol. The standard InChI is InChI=1S/C22H24N2O5S2/c1-4-7-15-12-21(30-14(15)2)22(26)23-18-13-16(10-11-19(18)25)31(27,28)24-17-8-5-6-9-20(17)29-3/h5-6,8-13,24-25H,4,7H2,1-3H3,(H,23,26). The zero-order chi connectivity index (χ0) is 22.6. The Balaban J connectivity index is 1.86. The van der Waals surface area contributed by atoms with Gasteiger partial charge in [-0.3, -0.25) is 9.52 Å². The van der Waals surface area contributed by atoms with E-state index in [0.29, 0.717) is 10.6 Å². The van der Waals surface area contributed by atoms with Crippen molar-refractivity contribution >= 4 is 38.6 Å². The Morgan fingerprint density at radius 3 is 2.58 bits per heavy atom. The van der Waals surface area contributed by atoms with Crippen LogP contribution in [-0.2, 0) is 16.4 Å². The summed E-state index contributed by atoms with van der Waals surface area (Å²) in [7, 11) is -2.54. The summed E-state index contributed by atoms with van der Waals surface area (Å²) in [6.45, 7) is 4.03. The van der Waals surface area contributed by atoms with E-state index in [1.807, 2.05) is 13.0 Å². The molecule has 0 aliphatic heterocycles. The van der Waals surface area contributed by atoms with Crippen LogP contribution in [0.1, 0.15) is 33.5 Å². The van der Waals surface area contributed by atoms with Gasteiger partial charge in [0.15, 0.2) is 0 Å². The Kier molecular flexibility index (Phi) is 6.87. The number of carbonyl (C=O) groups excluding carboxylic acids is 1. The van der Waals surface area contributed by atoms with Crippen LogP contribution in [0, 0.1) is 6.92 Å². The molecule has 0 radical (unpaired) electrons. The molecule has 0 aliphatic rings. The van der Waals surface area contributed by atoms with E-state index in [9.17, 15) is 18.3 Å². The first-order valence-electron chi connectivity index (χ1n) is 9.64. The number of aromatic hydroxyl groups is 1. The van der Waals surface area contributed by atoms with E-state index in [1.54, 1.807) is 24.3 Å². The summed E-state index contributed by atoms with van der Waals surface area (Å²) in [4.78, 5) is 14.1. The second kappa shape index (κ2) is 9.40. The van der Waals surface area contributed by atoms with Crippen molar-refractivity contribution in [3.8, 4) is 11.5 Å². The van der Waals surface area contributed by atoms with Crippen LogP contribution in [0.25, 0.3) is 0 Å². The van der Waals surface area contributed by atoms with Gasteiger partial charge < -0.3 is 15.2 Å². The van der Waals surface area contributed by atoms with Gasteiger partial charge in [-0.2, -0.15) is 0 Å². The number of aryl methyl sites for hydroxylation is 2. The van der Waals surface area contributed by atoms with E-state index in [0.717, 1.165) is 23.3 Å². The molecule has 0 fully saturated rings. The van der Waals surface area contributed by atoms with E-state index >= 15 is 0 Å². The summed E-state index contributed by atoms with van der Waals surface area (Å²) in [5.74, 6) is -0.265. The fourth-order valence-electron chi connectivity index (χ4n) is 3.05. The van der Waals surface area contributed by atoms with Crippen molar-refractivity contribution < 1.29 is 23.1 Å². The lowest BCUT2D eigenvalue weighted by Gasteiger charge is -2.13. The molecule has 3 aromatic rings. The summed E-state index contributed by atoms with van der Waals surface area (Å²) in [5, 5.41) is 12.8. The highest BCUT2D eigenvalue weighted by molar-refractivity contribution is 7.92. The number of anilines is 2. The van der Waals surface area contributed by atoms with Gasteiger partial charge in [0.2, 0.25) is 0 Å². The molecule has 0 saturated heterocycles. The Labute approximate surface area is 185 Å². The third kappa shape index (κ3) is 5.18. The van der Waals surface area contributed by atoms with Gasteiger partial charge in [-0.25, -0.2) is 8.42 Å². The molecule has 31 heavy (non-hydrogen) atoms. The van der Waals surface area contributed by atoms with E-state index < -0.39 is 15.9 Å². The zero-order valence-corrected chi connectivity index (χ0v) is 19.1. The van der Waals surface area contributed by atoms with Crippen LogP contribution in [0.2, 0.25) is 0 Å². The van der Waals surface area contributed by atoms with Crippen LogP contribution in [0.4, 0.5) is 11.4 Å². The quantitative estimate of drug-likeness (QED) is 0.420. The van der Waals surface area contributed by atoms with E-state index in [2.05, 4.69) is 17.0 Å². The number of methoxy groups -OCH3 is 1. The molecular weight excluding hydrogens is 436 g/mol. The van der Waals surface area contributed by atoms with Crippen LogP contribution < -0.4 is 14.8 Å². The first kappa shape index (κ1) is 22.6. The number of sulfonamides is 1. The number of rotatable bonds is 8. The van der Waals surface area contributed by atoms with Gasteiger partial charge in [0.25, 0.3) is 15.9 Å². The summed E-state index contributed by atoms with van der Waals surface area (Å²) in [6, 6.07) is 12.2. The van der Waals surface area contributed by atoms with Gasteiger partial charge in [-0.05, 0) is 55.3 Å². The number of amides is 1. The van der Waals surface area contributed by atoms with Gasteiger partial charge in [0, 0.05) is 4.88 Å². The molecule has 2 aromatic carbocycles. The largest absolute Gasteiger partial charge is 0.506 e. The van der Waals surface area contributed by atoms with Crippen molar-refractivity contribution in [2.75, 3.05) is 17.1 Å². The number of ether oxygens (including phenoxy) is 1. The van der Waals surface area contributed by atoms with Gasteiger partial charge >= 0.3 is 0 Å². The predicted octanol–water partition coefficient (Wildman–Crippen LogP) is 4.78. The van der Waals surface area contributed by atoms with Gasteiger partial charge in [0.05, 0.1) is 28.3 Å². The number of phenolic OH excluding ortho intramolecular Hbond substituents is 1. The Bertz CT molecular complexity index is 1200. The van der Waals surface area contributed by atoms with Crippen molar-refractivity contribution in [3.05, 3.63) is 63.8 Å². The molecule has 0 spiro atoms. The first-order valence-corrected chi connectivity index (χ1v) is 11.9. The normalized spacial score (nSPS) is 11.2. The molecule has 0 unspecified atom stereocenters. The molecule has 0 aliphatic carbocycles. The molecule has 0 bridgehead atoms. The van der Waals surface area contributed by atoms with Crippen molar-refractivity contribution in [1.82, 2.24) is 0 Å². The number of carbonyl (C=O) groups is 1. The lowest BCUT2D eigenvalue weighted by atomic mass is 10.1. The number of benzene rings is 2. The molecule has 0 atom stereocenters. The Morgan fingerprint density at radius 1 is 1.13 bits per heavy atom. The second-order valence-electron chi connectivity index (χ2n) is 6.88. The topological polar surface area (TPSA) is 105 Å². The molecule has 3 rings (SSSR count). The third-order valence-corrected chi connectivity index (χ3v) is 7.10. The third-order valence-electron chi connectivity index (χ3n) is 4.64. The average Bonchev–Trinajstić information content (AvgIpc) is 3.10. The van der Waals surface area contributed by atoms with Crippen molar-refractivity contribution in [1.29, 1.82) is 0 Å². The molecule has 1 aromatic heterocycles. The highest BCUT2D eigenvalue weighted by atomic mass is 32.2. The second-order valence-corrected chi connectivity index (χ2v) is 9.82. The number of hydrogen-bond donors (Lipinski definition) is 3. The molecule has 1 heterocycles. The summed E-state index contributed by atoms with van der Waals surface area (Å²) >= 11 is 1.36. The van der Waals surface area contributed by atoms with Crippen LogP contribution in [0.15, 0.2) is 53.4 Å². The van der Waals surface area contributed by atoms with E-state index in [-0.39, 0.29) is 22.0 Å². The Hall–Kier alpha value is -3.04. The monoisotopic (exact) mass is 460 g/mol. The van der Waals surface area contributed by atoms with Crippen molar-refractivity contribution in [2.24, 2.45) is 0 Å². The number of phenols is 1. The molecule has 1 amide bonds. The minimum absolute atomic E-state index is 0.0102. The van der Waals surface area contributed by atoms with Crippen LogP contribution in [0.3, 0.4) is 0 Å². The molecule has 7 nitrogen and oxygen atoms in total. The summed E-state index contributed by atoms with van der Waals surface area (Å²) in [5.41, 5.74) is 1.40. The molecular formula is C22H24N2O5S2. The van der Waals surface area contributed by atoms with Gasteiger partial charge in [-0.1, -0.05) is 25.5 Å². The van der Waals surface area contributed by atoms with Crippen LogP contribution in [-0.4, -0.2) is 26.5 Å².